The van der Waals surface area contributed by atoms with Gasteiger partial charge in [0.2, 0.25) is 0 Å². The molecule has 0 aliphatic heterocycles. The largest absolute Gasteiger partial charge is 0.462 e. The minimum Gasteiger partial charge on any atom is -0.462 e. The molecule has 0 atom stereocenters. The first kappa shape index (κ1) is 22.5. The van der Waals surface area contributed by atoms with Crippen molar-refractivity contribution in [1.29, 1.82) is 0 Å². The number of benzene rings is 2. The van der Waals surface area contributed by atoms with Gasteiger partial charge in [-0.05, 0) is 54.8 Å². The highest BCUT2D eigenvalue weighted by Gasteiger charge is 2.20. The molecule has 3 N–H and O–H groups in total. The number of nitrogens with two attached hydrogens (primary N) is 1. The number of carbonyl (C=O) groups excluding carboxylic acids is 3. The average molecular weight is 457 g/mol. The van der Waals surface area contributed by atoms with Gasteiger partial charge in [-0.1, -0.05) is 30.3 Å². The number of esters is 2. The molecule has 0 aliphatic carbocycles. The molecule has 160 valence electrons. The molecule has 0 radical (unpaired) electrons. The lowest BCUT2D eigenvalue weighted by Crippen LogP contribution is -2.21. The van der Waals surface area contributed by atoms with E-state index >= 15 is 0 Å². The second-order valence-corrected chi connectivity index (χ2v) is 7.97. The zero-order chi connectivity index (χ0) is 22.2. The van der Waals surface area contributed by atoms with Crippen molar-refractivity contribution in [1.82, 2.24) is 0 Å². The Hall–Kier alpha value is -3.14. The summed E-state index contributed by atoms with van der Waals surface area (Å²) in [5.41, 5.74) is 1.46. The van der Waals surface area contributed by atoms with Crippen LogP contribution in [0.5, 0.6) is 0 Å². The zero-order valence-corrected chi connectivity index (χ0v) is 18.3. The van der Waals surface area contributed by atoms with Crippen LogP contribution < -0.4 is 10.5 Å². The van der Waals surface area contributed by atoms with E-state index in [1.807, 2.05) is 30.3 Å². The maximum absolute atomic E-state index is 12.4. The van der Waals surface area contributed by atoms with Gasteiger partial charge in [-0.3, -0.25) is 9.93 Å². The van der Waals surface area contributed by atoms with Crippen LogP contribution in [0.25, 0.3) is 10.4 Å². The standard InChI is InChI=1S/C22H20N2O5S2/c1-2-28-22(27)17-12-18(14-6-4-3-5-7-14)30-20(17)24-19(25)13-29-21(26)15-8-10-16(31-23)11-9-15/h3-12H,2,13,23H2,1H3,(H,24,25). The van der Waals surface area contributed by atoms with Crippen molar-refractivity contribution < 1.29 is 23.9 Å². The summed E-state index contributed by atoms with van der Waals surface area (Å²) in [5.74, 6) is -1.73. The lowest BCUT2D eigenvalue weighted by atomic mass is 10.1. The maximum Gasteiger partial charge on any atom is 0.341 e. The van der Waals surface area contributed by atoms with Gasteiger partial charge in [0.05, 0.1) is 17.7 Å². The Morgan fingerprint density at radius 2 is 1.71 bits per heavy atom. The number of nitrogens with one attached hydrogen (secondary N) is 1. The summed E-state index contributed by atoms with van der Waals surface area (Å²) in [6.45, 7) is 1.42. The Balaban J connectivity index is 1.69. The highest BCUT2D eigenvalue weighted by Crippen LogP contribution is 2.35. The first-order valence-electron chi connectivity index (χ1n) is 9.32. The van der Waals surface area contributed by atoms with Crippen LogP contribution >= 0.6 is 23.3 Å². The monoisotopic (exact) mass is 456 g/mol. The Kier molecular flexibility index (Phi) is 7.82. The van der Waals surface area contributed by atoms with Crippen LogP contribution in [0.15, 0.2) is 65.6 Å². The smallest absolute Gasteiger partial charge is 0.341 e. The number of anilines is 1. The summed E-state index contributed by atoms with van der Waals surface area (Å²) < 4.78 is 10.2. The summed E-state index contributed by atoms with van der Waals surface area (Å²) in [7, 11) is 0. The van der Waals surface area contributed by atoms with Gasteiger partial charge in [0, 0.05) is 9.77 Å². The van der Waals surface area contributed by atoms with Gasteiger partial charge in [0.15, 0.2) is 6.61 Å². The van der Waals surface area contributed by atoms with Crippen molar-refractivity contribution in [3.63, 3.8) is 0 Å². The number of ether oxygens (including phenoxy) is 2. The third kappa shape index (κ3) is 5.94. The van der Waals surface area contributed by atoms with Crippen molar-refractivity contribution in [3.05, 3.63) is 71.8 Å². The maximum atomic E-state index is 12.4. The molecule has 0 saturated carbocycles. The number of rotatable bonds is 8. The molecular formula is C22H20N2O5S2. The lowest BCUT2D eigenvalue weighted by molar-refractivity contribution is -0.119. The van der Waals surface area contributed by atoms with E-state index in [2.05, 4.69) is 5.32 Å². The average Bonchev–Trinajstić information content (AvgIpc) is 3.22. The Labute approximate surface area is 187 Å². The Morgan fingerprint density at radius 3 is 2.35 bits per heavy atom. The molecule has 1 aromatic heterocycles. The summed E-state index contributed by atoms with van der Waals surface area (Å²) in [4.78, 5) is 38.4. The van der Waals surface area contributed by atoms with Crippen LogP contribution in [0.4, 0.5) is 5.00 Å². The molecule has 2 aromatic carbocycles. The minimum atomic E-state index is -0.634. The van der Waals surface area contributed by atoms with E-state index in [0.29, 0.717) is 10.6 Å². The van der Waals surface area contributed by atoms with E-state index in [4.69, 9.17) is 14.6 Å². The summed E-state index contributed by atoms with van der Waals surface area (Å²) >= 11 is 2.31. The summed E-state index contributed by atoms with van der Waals surface area (Å²) in [6.07, 6.45) is 0. The molecule has 0 bridgehead atoms. The highest BCUT2D eigenvalue weighted by molar-refractivity contribution is 7.97. The number of carbonyl (C=O) groups is 3. The molecule has 1 amide bonds. The Bertz CT molecular complexity index is 1070. The molecule has 7 nitrogen and oxygen atoms in total. The van der Waals surface area contributed by atoms with Crippen LogP contribution in [0, 0.1) is 0 Å². The zero-order valence-electron chi connectivity index (χ0n) is 16.6. The van der Waals surface area contributed by atoms with Crippen molar-refractivity contribution in [2.45, 2.75) is 11.8 Å². The van der Waals surface area contributed by atoms with Crippen LogP contribution in [0.2, 0.25) is 0 Å². The van der Waals surface area contributed by atoms with Gasteiger partial charge in [-0.15, -0.1) is 11.3 Å². The molecule has 3 aromatic rings. The quantitative estimate of drug-likeness (QED) is 0.383. The molecule has 0 spiro atoms. The third-order valence-corrected chi connectivity index (χ3v) is 5.74. The second kappa shape index (κ2) is 10.8. The van der Waals surface area contributed by atoms with Crippen molar-refractivity contribution in [2.24, 2.45) is 5.14 Å². The van der Waals surface area contributed by atoms with Gasteiger partial charge < -0.3 is 14.8 Å². The van der Waals surface area contributed by atoms with Gasteiger partial charge in [-0.2, -0.15) is 0 Å². The van der Waals surface area contributed by atoms with Crippen LogP contribution in [0.1, 0.15) is 27.6 Å². The molecule has 0 saturated heterocycles. The molecule has 0 aliphatic rings. The number of amides is 1. The van der Waals surface area contributed by atoms with E-state index in [9.17, 15) is 14.4 Å². The fourth-order valence-corrected chi connectivity index (χ4v) is 4.00. The topological polar surface area (TPSA) is 108 Å². The minimum absolute atomic E-state index is 0.210. The number of thiophene rings is 1. The van der Waals surface area contributed by atoms with E-state index in [0.717, 1.165) is 27.3 Å². The van der Waals surface area contributed by atoms with Gasteiger partial charge in [0.25, 0.3) is 5.91 Å². The van der Waals surface area contributed by atoms with Gasteiger partial charge >= 0.3 is 11.9 Å². The van der Waals surface area contributed by atoms with Crippen molar-refractivity contribution in [2.75, 3.05) is 18.5 Å². The molecule has 0 fully saturated rings. The van der Waals surface area contributed by atoms with E-state index in [1.54, 1.807) is 37.3 Å². The lowest BCUT2D eigenvalue weighted by Gasteiger charge is -2.07. The molecular weight excluding hydrogens is 436 g/mol. The number of hydrogen-bond donors (Lipinski definition) is 2. The summed E-state index contributed by atoms with van der Waals surface area (Å²) in [6, 6.07) is 17.7. The van der Waals surface area contributed by atoms with Crippen molar-refractivity contribution in [3.8, 4) is 10.4 Å². The number of hydrogen-bond acceptors (Lipinski definition) is 8. The predicted molar refractivity (Wildman–Crippen MR) is 121 cm³/mol. The van der Waals surface area contributed by atoms with E-state index in [-0.39, 0.29) is 12.2 Å². The second-order valence-electron chi connectivity index (χ2n) is 6.21. The van der Waals surface area contributed by atoms with Crippen LogP contribution in [0.3, 0.4) is 0 Å². The molecule has 1 heterocycles. The van der Waals surface area contributed by atoms with E-state index < -0.39 is 24.5 Å². The first-order valence-corrected chi connectivity index (χ1v) is 11.0. The Morgan fingerprint density at radius 1 is 1.00 bits per heavy atom. The predicted octanol–water partition coefficient (Wildman–Crippen LogP) is 4.35. The molecule has 9 heteroatoms. The first-order chi connectivity index (χ1) is 15.0. The third-order valence-electron chi connectivity index (χ3n) is 4.10. The normalized spacial score (nSPS) is 10.4. The van der Waals surface area contributed by atoms with E-state index in [1.165, 1.54) is 11.3 Å². The molecule has 31 heavy (non-hydrogen) atoms. The van der Waals surface area contributed by atoms with Crippen molar-refractivity contribution >= 4 is 46.1 Å². The highest BCUT2D eigenvalue weighted by atomic mass is 32.2. The molecule has 3 rings (SSSR count). The van der Waals surface area contributed by atoms with Crippen LogP contribution in [-0.4, -0.2) is 31.1 Å². The van der Waals surface area contributed by atoms with Gasteiger partial charge in [-0.25, -0.2) is 9.59 Å². The molecule has 0 unspecified atom stereocenters. The van der Waals surface area contributed by atoms with Crippen LogP contribution in [-0.2, 0) is 14.3 Å². The fraction of sp³-hybridized carbons (Fsp3) is 0.136. The fourth-order valence-electron chi connectivity index (χ4n) is 2.64. The SMILES string of the molecule is CCOC(=O)c1cc(-c2ccccc2)sc1NC(=O)COC(=O)c1ccc(SN)cc1. The van der Waals surface area contributed by atoms with Gasteiger partial charge in [0.1, 0.15) is 5.00 Å². The summed E-state index contributed by atoms with van der Waals surface area (Å²) in [5, 5.41) is 8.44.